The van der Waals surface area contributed by atoms with Gasteiger partial charge in [0, 0.05) is 11.3 Å². The number of carbonyl (C=O) groups excluding carboxylic acids is 2. The van der Waals surface area contributed by atoms with Crippen molar-refractivity contribution in [2.45, 2.75) is 103 Å². The first-order chi connectivity index (χ1) is 15.7. The summed E-state index contributed by atoms with van der Waals surface area (Å²) in [4.78, 5) is 24.6. The predicted octanol–water partition coefficient (Wildman–Crippen LogP) is 7.15. The summed E-state index contributed by atoms with van der Waals surface area (Å²) in [5.74, 6) is 0.206. The van der Waals surface area contributed by atoms with Crippen LogP contribution in [0.15, 0.2) is 42.0 Å². The molecule has 2 rings (SSSR count). The summed E-state index contributed by atoms with van der Waals surface area (Å²) in [7, 11) is 0. The van der Waals surface area contributed by atoms with Crippen LogP contribution in [0.4, 0.5) is 4.79 Å². The second-order valence-electron chi connectivity index (χ2n) is 9.76. The molecule has 0 spiro atoms. The molecule has 0 fully saturated rings. The van der Waals surface area contributed by atoms with Gasteiger partial charge in [-0.25, -0.2) is 9.59 Å². The molecule has 33 heavy (non-hydrogen) atoms. The van der Waals surface area contributed by atoms with E-state index < -0.39 is 16.6 Å². The Balaban J connectivity index is 1.94. The molecule has 1 aromatic rings. The van der Waals surface area contributed by atoms with E-state index in [2.05, 4.69) is 12.2 Å². The number of unbranched alkanes of at least 4 members (excludes halogenated alkanes) is 7. The van der Waals surface area contributed by atoms with E-state index in [-0.39, 0.29) is 12.6 Å². The number of hydrogen-bond acceptors (Lipinski definition) is 5. The van der Waals surface area contributed by atoms with Crippen molar-refractivity contribution in [2.75, 3.05) is 5.75 Å². The van der Waals surface area contributed by atoms with Crippen molar-refractivity contribution >= 4 is 23.8 Å². The number of hydrogen-bond donors (Lipinski definition) is 1. The van der Waals surface area contributed by atoms with Crippen molar-refractivity contribution in [1.29, 1.82) is 0 Å². The molecular formula is C27H41NO4S. The highest BCUT2D eigenvalue weighted by Gasteiger charge is 2.38. The van der Waals surface area contributed by atoms with E-state index in [0.29, 0.717) is 11.3 Å². The molecule has 0 aromatic heterocycles. The zero-order valence-corrected chi connectivity index (χ0v) is 21.6. The van der Waals surface area contributed by atoms with Gasteiger partial charge in [0.2, 0.25) is 0 Å². The van der Waals surface area contributed by atoms with Crippen LogP contribution >= 0.6 is 11.8 Å². The molecule has 184 valence electrons. The maximum absolute atomic E-state index is 12.6. The minimum absolute atomic E-state index is 0.216. The largest absolute Gasteiger partial charge is 0.457 e. The van der Waals surface area contributed by atoms with E-state index in [1.54, 1.807) is 11.8 Å². The Morgan fingerprint density at radius 1 is 1.00 bits per heavy atom. The van der Waals surface area contributed by atoms with Gasteiger partial charge < -0.3 is 14.8 Å². The van der Waals surface area contributed by atoms with Crippen LogP contribution in [-0.2, 0) is 20.9 Å². The Kier molecular flexibility index (Phi) is 11.3. The molecule has 0 radical (unpaired) electrons. The molecule has 0 bridgehead atoms. The minimum atomic E-state index is -0.637. The lowest BCUT2D eigenvalue weighted by atomic mass is 10.0. The van der Waals surface area contributed by atoms with Crippen LogP contribution in [0.1, 0.15) is 91.0 Å². The lowest BCUT2D eigenvalue weighted by Crippen LogP contribution is -2.43. The van der Waals surface area contributed by atoms with E-state index in [1.165, 1.54) is 38.5 Å². The number of rotatable bonds is 13. The second-order valence-corrected chi connectivity index (χ2v) is 11.1. The summed E-state index contributed by atoms with van der Waals surface area (Å²) in [6.07, 6.45) is 11.9. The van der Waals surface area contributed by atoms with Gasteiger partial charge in [-0.2, -0.15) is 0 Å². The van der Waals surface area contributed by atoms with E-state index in [1.807, 2.05) is 57.2 Å². The van der Waals surface area contributed by atoms with E-state index >= 15 is 0 Å². The van der Waals surface area contributed by atoms with Gasteiger partial charge in [0.25, 0.3) is 0 Å². The third kappa shape index (κ3) is 10.7. The van der Waals surface area contributed by atoms with Crippen molar-refractivity contribution in [3.63, 3.8) is 0 Å². The summed E-state index contributed by atoms with van der Waals surface area (Å²) in [5, 5.41) is 3.05. The molecule has 1 aromatic carbocycles. The molecule has 0 saturated carbocycles. The maximum Gasteiger partial charge on any atom is 0.408 e. The number of thioether (sulfide) groups is 1. The number of carbonyl (C=O) groups is 2. The Morgan fingerprint density at radius 3 is 2.27 bits per heavy atom. The predicted molar refractivity (Wildman–Crippen MR) is 136 cm³/mol. The number of nitrogens with one attached hydrogen (secondary N) is 1. The van der Waals surface area contributed by atoms with Gasteiger partial charge in [-0.05, 0) is 45.3 Å². The average Bonchev–Trinajstić information content (AvgIpc) is 3.18. The number of esters is 1. The summed E-state index contributed by atoms with van der Waals surface area (Å²) in [6, 6.07) is 9.62. The highest BCUT2D eigenvalue weighted by molar-refractivity contribution is 8.01. The summed E-state index contributed by atoms with van der Waals surface area (Å²) >= 11 is 1.57. The molecule has 5 nitrogen and oxygen atoms in total. The van der Waals surface area contributed by atoms with Gasteiger partial charge in [-0.3, -0.25) is 0 Å². The zero-order valence-electron chi connectivity index (χ0n) is 20.8. The Hall–Kier alpha value is -1.95. The monoisotopic (exact) mass is 475 g/mol. The number of ether oxygens (including phenoxy) is 2. The fourth-order valence-corrected chi connectivity index (χ4v) is 5.05. The van der Waals surface area contributed by atoms with Crippen molar-refractivity contribution in [3.8, 4) is 0 Å². The van der Waals surface area contributed by atoms with Crippen LogP contribution in [0.25, 0.3) is 0 Å². The highest BCUT2D eigenvalue weighted by atomic mass is 32.2. The van der Waals surface area contributed by atoms with Crippen LogP contribution < -0.4 is 5.32 Å². The van der Waals surface area contributed by atoms with Gasteiger partial charge in [-0.1, -0.05) is 82.2 Å². The maximum atomic E-state index is 12.6. The molecule has 1 atom stereocenters. The SMILES string of the molecule is CCCCCCCCCCC1(NC(=O)OCc2ccccc2)C=C(C(=O)OC(C)(C)C)CS1. The van der Waals surface area contributed by atoms with E-state index in [4.69, 9.17) is 9.47 Å². The Labute approximate surface area is 204 Å². The van der Waals surface area contributed by atoms with E-state index in [9.17, 15) is 9.59 Å². The van der Waals surface area contributed by atoms with Crippen LogP contribution in [0.2, 0.25) is 0 Å². The van der Waals surface area contributed by atoms with Gasteiger partial charge in [0.1, 0.15) is 17.1 Å². The molecule has 0 saturated heterocycles. The molecule has 1 N–H and O–H groups in total. The van der Waals surface area contributed by atoms with Crippen molar-refractivity contribution in [2.24, 2.45) is 0 Å². The second kappa shape index (κ2) is 13.7. The zero-order chi connectivity index (χ0) is 24.2. The first kappa shape index (κ1) is 27.3. The third-order valence-corrected chi connectivity index (χ3v) is 6.88. The van der Waals surface area contributed by atoms with Crippen LogP contribution in [0.5, 0.6) is 0 Å². The third-order valence-electron chi connectivity index (χ3n) is 5.48. The quantitative estimate of drug-likeness (QED) is 0.242. The molecule has 1 aliphatic heterocycles. The minimum Gasteiger partial charge on any atom is -0.457 e. The fraction of sp³-hybridized carbons (Fsp3) is 0.630. The number of alkyl carbamates (subject to hydrolysis) is 1. The number of benzene rings is 1. The molecule has 1 amide bonds. The van der Waals surface area contributed by atoms with E-state index in [0.717, 1.165) is 24.8 Å². The summed E-state index contributed by atoms with van der Waals surface area (Å²) in [6.45, 7) is 8.03. The first-order valence-corrected chi connectivity index (χ1v) is 13.3. The van der Waals surface area contributed by atoms with Crippen molar-refractivity contribution in [3.05, 3.63) is 47.5 Å². The molecule has 1 unspecified atom stereocenters. The van der Waals surface area contributed by atoms with Gasteiger partial charge >= 0.3 is 12.1 Å². The lowest BCUT2D eigenvalue weighted by molar-refractivity contribution is -0.149. The van der Waals surface area contributed by atoms with Crippen LogP contribution in [-0.4, -0.2) is 28.3 Å². The summed E-state index contributed by atoms with van der Waals surface area (Å²) < 4.78 is 11.0. The highest BCUT2D eigenvalue weighted by Crippen LogP contribution is 2.39. The van der Waals surface area contributed by atoms with Crippen molar-refractivity contribution < 1.29 is 19.1 Å². The molecule has 1 heterocycles. The standard InChI is InChI=1S/C27H41NO4S/c1-5-6-7-8-9-10-11-15-18-27(19-23(21-33-27)24(29)32-26(2,3)4)28-25(30)31-20-22-16-13-12-14-17-22/h12-14,16-17,19H,5-11,15,18,20-21H2,1-4H3,(H,28,30). The number of amides is 1. The fourth-order valence-electron chi connectivity index (χ4n) is 3.77. The molecule has 1 aliphatic rings. The van der Waals surface area contributed by atoms with Gasteiger partial charge in [0.15, 0.2) is 0 Å². The molecule has 6 heteroatoms. The first-order valence-electron chi connectivity index (χ1n) is 12.3. The van der Waals surface area contributed by atoms with Crippen molar-refractivity contribution in [1.82, 2.24) is 5.32 Å². The molecular weight excluding hydrogens is 434 g/mol. The topological polar surface area (TPSA) is 64.6 Å². The normalized spacial score (nSPS) is 18.0. The van der Waals surface area contributed by atoms with Crippen LogP contribution in [0, 0.1) is 0 Å². The smallest absolute Gasteiger partial charge is 0.408 e. The lowest BCUT2D eigenvalue weighted by Gasteiger charge is -2.27. The Bertz CT molecular complexity index is 772. The van der Waals surface area contributed by atoms with Gasteiger partial charge in [0.05, 0.1) is 0 Å². The summed E-state index contributed by atoms with van der Waals surface area (Å²) in [5.41, 5.74) is 1.000. The Morgan fingerprint density at radius 2 is 1.64 bits per heavy atom. The van der Waals surface area contributed by atoms with Crippen LogP contribution in [0.3, 0.4) is 0 Å². The average molecular weight is 476 g/mol. The molecule has 0 aliphatic carbocycles. The van der Waals surface area contributed by atoms with Gasteiger partial charge in [-0.15, -0.1) is 11.8 Å².